The molecule has 3 rings (SSSR count). The average Bonchev–Trinajstić information content (AvgIpc) is 2.90. The second kappa shape index (κ2) is 5.67. The van der Waals surface area contributed by atoms with Gasteiger partial charge in [-0.05, 0) is 19.2 Å². The first kappa shape index (κ1) is 13.8. The number of hydrogen-bond donors (Lipinski definition) is 1. The first-order chi connectivity index (χ1) is 10.2. The quantitative estimate of drug-likeness (QED) is 0.852. The van der Waals surface area contributed by atoms with Crippen LogP contribution in [0.4, 0.5) is 0 Å². The highest BCUT2D eigenvalue weighted by Crippen LogP contribution is 2.24. The SMILES string of the molecule is CNC(CN1C(=O)COCC1=O)c1cc2ccccc2o1. The molecule has 1 aromatic heterocycles. The van der Waals surface area contributed by atoms with Crippen molar-refractivity contribution in [1.29, 1.82) is 0 Å². The van der Waals surface area contributed by atoms with Crippen molar-refractivity contribution in [2.45, 2.75) is 6.04 Å². The molecule has 0 spiro atoms. The van der Waals surface area contributed by atoms with E-state index in [2.05, 4.69) is 5.32 Å². The highest BCUT2D eigenvalue weighted by molar-refractivity contribution is 5.98. The molecule has 2 amide bonds. The van der Waals surface area contributed by atoms with Gasteiger partial charge in [0, 0.05) is 5.39 Å². The number of para-hydroxylation sites is 1. The van der Waals surface area contributed by atoms with Crippen molar-refractivity contribution in [3.8, 4) is 0 Å². The van der Waals surface area contributed by atoms with E-state index in [1.54, 1.807) is 7.05 Å². The molecule has 1 aromatic carbocycles. The topological polar surface area (TPSA) is 71.8 Å². The third-order valence-corrected chi connectivity index (χ3v) is 3.55. The van der Waals surface area contributed by atoms with Crippen LogP contribution in [0.3, 0.4) is 0 Å². The summed E-state index contributed by atoms with van der Waals surface area (Å²) in [7, 11) is 1.77. The smallest absolute Gasteiger partial charge is 0.255 e. The summed E-state index contributed by atoms with van der Waals surface area (Å²) in [5.41, 5.74) is 0.785. The molecule has 2 heterocycles. The number of carbonyl (C=O) groups is 2. The minimum absolute atomic E-state index is 0.0533. The van der Waals surface area contributed by atoms with Gasteiger partial charge in [-0.25, -0.2) is 0 Å². The molecule has 110 valence electrons. The van der Waals surface area contributed by atoms with Crippen LogP contribution in [-0.2, 0) is 14.3 Å². The predicted molar refractivity (Wildman–Crippen MR) is 75.6 cm³/mol. The highest BCUT2D eigenvalue weighted by atomic mass is 16.5. The van der Waals surface area contributed by atoms with Gasteiger partial charge in [0.15, 0.2) is 0 Å². The van der Waals surface area contributed by atoms with Gasteiger partial charge in [-0.1, -0.05) is 18.2 Å². The fourth-order valence-electron chi connectivity index (χ4n) is 2.40. The lowest BCUT2D eigenvalue weighted by Gasteiger charge is -2.28. The van der Waals surface area contributed by atoms with Gasteiger partial charge in [-0.15, -0.1) is 0 Å². The highest BCUT2D eigenvalue weighted by Gasteiger charge is 2.30. The number of likely N-dealkylation sites (N-methyl/N-ethyl adjacent to an activating group) is 1. The van der Waals surface area contributed by atoms with E-state index in [-0.39, 0.29) is 37.6 Å². The first-order valence-corrected chi connectivity index (χ1v) is 6.75. The van der Waals surface area contributed by atoms with Gasteiger partial charge >= 0.3 is 0 Å². The maximum atomic E-state index is 11.8. The van der Waals surface area contributed by atoms with Gasteiger partial charge < -0.3 is 14.5 Å². The molecule has 21 heavy (non-hydrogen) atoms. The number of nitrogens with zero attached hydrogens (tertiary/aromatic N) is 1. The Morgan fingerprint density at radius 2 is 1.95 bits per heavy atom. The van der Waals surface area contributed by atoms with Crippen LogP contribution in [0.2, 0.25) is 0 Å². The van der Waals surface area contributed by atoms with Crippen LogP contribution < -0.4 is 5.32 Å². The van der Waals surface area contributed by atoms with E-state index < -0.39 is 0 Å². The Morgan fingerprint density at radius 3 is 2.62 bits per heavy atom. The van der Waals surface area contributed by atoms with Crippen LogP contribution in [0.1, 0.15) is 11.8 Å². The van der Waals surface area contributed by atoms with Crippen LogP contribution in [0, 0.1) is 0 Å². The summed E-state index contributed by atoms with van der Waals surface area (Å²) in [6, 6.07) is 9.36. The van der Waals surface area contributed by atoms with Crippen molar-refractivity contribution in [3.05, 3.63) is 36.1 Å². The Morgan fingerprint density at radius 1 is 1.24 bits per heavy atom. The maximum absolute atomic E-state index is 11.8. The van der Waals surface area contributed by atoms with Gasteiger partial charge in [0.1, 0.15) is 24.6 Å². The van der Waals surface area contributed by atoms with Crippen LogP contribution in [0.15, 0.2) is 34.7 Å². The number of carbonyl (C=O) groups excluding carboxylic acids is 2. The molecule has 0 bridgehead atoms. The van der Waals surface area contributed by atoms with Crippen molar-refractivity contribution in [2.24, 2.45) is 0 Å². The summed E-state index contributed by atoms with van der Waals surface area (Å²) in [6.45, 7) is 0.127. The van der Waals surface area contributed by atoms with Gasteiger partial charge in [0.25, 0.3) is 11.8 Å². The number of furan rings is 1. The fraction of sp³-hybridized carbons (Fsp3) is 0.333. The summed E-state index contributed by atoms with van der Waals surface area (Å²) in [5.74, 6) is 0.0658. The molecule has 0 saturated carbocycles. The van der Waals surface area contributed by atoms with Crippen molar-refractivity contribution in [3.63, 3.8) is 0 Å². The normalized spacial score (nSPS) is 17.5. The van der Waals surface area contributed by atoms with Crippen LogP contribution in [0.5, 0.6) is 0 Å². The van der Waals surface area contributed by atoms with E-state index in [1.165, 1.54) is 4.90 Å². The minimum atomic E-state index is -0.317. The van der Waals surface area contributed by atoms with Gasteiger partial charge in [-0.2, -0.15) is 0 Å². The lowest BCUT2D eigenvalue weighted by Crippen LogP contribution is -2.49. The summed E-state index contributed by atoms with van der Waals surface area (Å²) in [6.07, 6.45) is 0. The molecule has 1 atom stereocenters. The number of nitrogens with one attached hydrogen (secondary N) is 1. The largest absolute Gasteiger partial charge is 0.459 e. The van der Waals surface area contributed by atoms with Crippen molar-refractivity contribution >= 4 is 22.8 Å². The lowest BCUT2D eigenvalue weighted by atomic mass is 10.1. The second-order valence-corrected chi connectivity index (χ2v) is 4.92. The molecule has 1 aliphatic rings. The number of amides is 2. The molecule has 1 saturated heterocycles. The lowest BCUT2D eigenvalue weighted by molar-refractivity contribution is -0.158. The van der Waals surface area contributed by atoms with E-state index in [0.717, 1.165) is 11.0 Å². The fourth-order valence-corrected chi connectivity index (χ4v) is 2.40. The van der Waals surface area contributed by atoms with E-state index in [1.807, 2.05) is 30.3 Å². The Labute approximate surface area is 121 Å². The Balaban J connectivity index is 1.84. The third-order valence-electron chi connectivity index (χ3n) is 3.55. The monoisotopic (exact) mass is 288 g/mol. The van der Waals surface area contributed by atoms with Crippen LogP contribution in [0.25, 0.3) is 11.0 Å². The van der Waals surface area contributed by atoms with E-state index in [4.69, 9.17) is 9.15 Å². The molecular formula is C15H16N2O4. The average molecular weight is 288 g/mol. The number of benzene rings is 1. The number of imide groups is 1. The molecule has 1 N–H and O–H groups in total. The van der Waals surface area contributed by atoms with Gasteiger partial charge in [0.05, 0.1) is 12.6 Å². The van der Waals surface area contributed by atoms with Crippen molar-refractivity contribution in [1.82, 2.24) is 10.2 Å². The molecule has 1 unspecified atom stereocenters. The summed E-state index contributed by atoms with van der Waals surface area (Å²) < 4.78 is 10.7. The number of morpholine rings is 1. The molecule has 2 aromatic rings. The van der Waals surface area contributed by atoms with Gasteiger partial charge in [-0.3, -0.25) is 14.5 Å². The molecular weight excluding hydrogens is 272 g/mol. The molecule has 6 nitrogen and oxygen atoms in total. The van der Waals surface area contributed by atoms with E-state index in [0.29, 0.717) is 5.76 Å². The first-order valence-electron chi connectivity index (χ1n) is 6.75. The van der Waals surface area contributed by atoms with Crippen LogP contribution >= 0.6 is 0 Å². The number of hydrogen-bond acceptors (Lipinski definition) is 5. The molecule has 0 aliphatic carbocycles. The zero-order chi connectivity index (χ0) is 14.8. The number of fused-ring (bicyclic) bond motifs is 1. The zero-order valence-electron chi connectivity index (χ0n) is 11.7. The van der Waals surface area contributed by atoms with Gasteiger partial charge in [0.2, 0.25) is 0 Å². The number of rotatable bonds is 4. The van der Waals surface area contributed by atoms with E-state index in [9.17, 15) is 9.59 Å². The van der Waals surface area contributed by atoms with Crippen LogP contribution in [-0.4, -0.2) is 43.5 Å². The zero-order valence-corrected chi connectivity index (χ0v) is 11.7. The Kier molecular flexibility index (Phi) is 3.72. The summed E-state index contributed by atoms with van der Waals surface area (Å²) in [5, 5.41) is 4.08. The predicted octanol–water partition coefficient (Wildman–Crippen LogP) is 1.08. The molecule has 6 heteroatoms. The van der Waals surface area contributed by atoms with Crippen molar-refractivity contribution < 1.29 is 18.7 Å². The molecule has 0 radical (unpaired) electrons. The Bertz CT molecular complexity index is 630. The second-order valence-electron chi connectivity index (χ2n) is 4.92. The third kappa shape index (κ3) is 2.68. The summed E-state index contributed by atoms with van der Waals surface area (Å²) >= 11 is 0. The Hall–Kier alpha value is -2.18. The summed E-state index contributed by atoms with van der Waals surface area (Å²) in [4.78, 5) is 24.8. The minimum Gasteiger partial charge on any atom is -0.459 e. The molecule has 1 aliphatic heterocycles. The molecule has 1 fully saturated rings. The van der Waals surface area contributed by atoms with Crippen molar-refractivity contribution in [2.75, 3.05) is 26.8 Å². The van der Waals surface area contributed by atoms with E-state index >= 15 is 0 Å². The maximum Gasteiger partial charge on any atom is 0.255 e. The standard InChI is InChI=1S/C15H16N2O4/c1-16-11(7-17-14(18)8-20-9-15(17)19)13-6-10-4-2-3-5-12(10)21-13/h2-6,11,16H,7-9H2,1H3. The number of ether oxygens (including phenoxy) is 1.